The molecule has 1 fully saturated rings. The van der Waals surface area contributed by atoms with Crippen LogP contribution < -0.4 is 11.3 Å². The molecule has 0 saturated carbocycles. The number of nitrogens with one attached hydrogen (secondary N) is 1. The number of hydrogen-bond acceptors (Lipinski definition) is 4. The molecule has 3 N–H and O–H groups in total. The van der Waals surface area contributed by atoms with E-state index in [4.69, 9.17) is 15.3 Å². The molecule has 14 heavy (non-hydrogen) atoms. The summed E-state index contributed by atoms with van der Waals surface area (Å²) in [6, 6.07) is 0.342. The van der Waals surface area contributed by atoms with Crippen molar-refractivity contribution in [2.24, 2.45) is 11.8 Å². The molecule has 4 nitrogen and oxygen atoms in total. The van der Waals surface area contributed by atoms with Gasteiger partial charge in [-0.15, -0.1) is 0 Å². The molecular formula is C10H22N2O2. The van der Waals surface area contributed by atoms with Gasteiger partial charge in [0.15, 0.2) is 0 Å². The van der Waals surface area contributed by atoms with Gasteiger partial charge in [-0.2, -0.15) is 0 Å². The molecule has 0 bridgehead atoms. The molecule has 0 amide bonds. The minimum absolute atomic E-state index is 0.342. The van der Waals surface area contributed by atoms with Crippen molar-refractivity contribution in [3.8, 4) is 0 Å². The zero-order chi connectivity index (χ0) is 10.2. The first kappa shape index (κ1) is 11.9. The summed E-state index contributed by atoms with van der Waals surface area (Å²) in [7, 11) is 0. The minimum Gasteiger partial charge on any atom is -0.381 e. The van der Waals surface area contributed by atoms with Gasteiger partial charge in [0.05, 0.1) is 6.61 Å². The van der Waals surface area contributed by atoms with Crippen molar-refractivity contribution < 1.29 is 9.47 Å². The van der Waals surface area contributed by atoms with Crippen LogP contribution in [0.4, 0.5) is 0 Å². The summed E-state index contributed by atoms with van der Waals surface area (Å²) in [5, 5.41) is 0. The van der Waals surface area contributed by atoms with Gasteiger partial charge in [-0.05, 0) is 19.3 Å². The molecule has 0 aliphatic carbocycles. The molecule has 0 aromatic carbocycles. The van der Waals surface area contributed by atoms with Crippen LogP contribution >= 0.6 is 0 Å². The molecule has 0 radical (unpaired) electrons. The highest BCUT2D eigenvalue weighted by Gasteiger charge is 2.24. The Balaban J connectivity index is 2.11. The summed E-state index contributed by atoms with van der Waals surface area (Å²) < 4.78 is 10.8. The lowest BCUT2D eigenvalue weighted by molar-refractivity contribution is 0.113. The monoisotopic (exact) mass is 202 g/mol. The van der Waals surface area contributed by atoms with Gasteiger partial charge in [0.25, 0.3) is 0 Å². The maximum absolute atomic E-state index is 5.51. The normalized spacial score (nSPS) is 24.0. The van der Waals surface area contributed by atoms with Gasteiger partial charge in [0.1, 0.15) is 0 Å². The molecule has 1 heterocycles. The molecule has 2 unspecified atom stereocenters. The lowest BCUT2D eigenvalue weighted by Gasteiger charge is -2.21. The SMILES string of the molecule is CCCOCCC(NN)C1CCOC1. The topological polar surface area (TPSA) is 56.5 Å². The van der Waals surface area contributed by atoms with Crippen LogP contribution in [-0.4, -0.2) is 32.5 Å². The van der Waals surface area contributed by atoms with Gasteiger partial charge >= 0.3 is 0 Å². The third-order valence-electron chi connectivity index (χ3n) is 2.67. The summed E-state index contributed by atoms with van der Waals surface area (Å²) >= 11 is 0. The van der Waals surface area contributed by atoms with Crippen LogP contribution in [0.5, 0.6) is 0 Å². The summed E-state index contributed by atoms with van der Waals surface area (Å²) in [4.78, 5) is 0. The zero-order valence-corrected chi connectivity index (χ0v) is 9.00. The largest absolute Gasteiger partial charge is 0.381 e. The first-order chi connectivity index (χ1) is 6.88. The van der Waals surface area contributed by atoms with Crippen molar-refractivity contribution in [1.82, 2.24) is 5.43 Å². The van der Waals surface area contributed by atoms with Crippen LogP contribution in [-0.2, 0) is 9.47 Å². The first-order valence-electron chi connectivity index (χ1n) is 5.50. The maximum Gasteiger partial charge on any atom is 0.0510 e. The number of ether oxygens (including phenoxy) is 2. The summed E-state index contributed by atoms with van der Waals surface area (Å²) in [5.74, 6) is 6.07. The Morgan fingerprint density at radius 2 is 2.43 bits per heavy atom. The molecule has 1 rings (SSSR count). The second-order valence-corrected chi connectivity index (χ2v) is 3.80. The van der Waals surface area contributed by atoms with E-state index in [1.807, 2.05) is 0 Å². The second kappa shape index (κ2) is 7.17. The van der Waals surface area contributed by atoms with Crippen LogP contribution in [0.1, 0.15) is 26.2 Å². The van der Waals surface area contributed by atoms with Crippen molar-refractivity contribution in [3.05, 3.63) is 0 Å². The van der Waals surface area contributed by atoms with E-state index < -0.39 is 0 Å². The number of hydrazine groups is 1. The van der Waals surface area contributed by atoms with Crippen LogP contribution in [0.15, 0.2) is 0 Å². The van der Waals surface area contributed by atoms with E-state index in [1.54, 1.807) is 0 Å². The van der Waals surface area contributed by atoms with E-state index in [0.29, 0.717) is 12.0 Å². The predicted molar refractivity (Wildman–Crippen MR) is 55.8 cm³/mol. The van der Waals surface area contributed by atoms with E-state index in [1.165, 1.54) is 0 Å². The van der Waals surface area contributed by atoms with Crippen molar-refractivity contribution in [3.63, 3.8) is 0 Å². The second-order valence-electron chi connectivity index (χ2n) is 3.80. The molecule has 1 aliphatic heterocycles. The molecular weight excluding hydrogens is 180 g/mol. The average Bonchev–Trinajstić information content (AvgIpc) is 2.71. The molecule has 1 saturated heterocycles. The average molecular weight is 202 g/mol. The Labute approximate surface area is 86.1 Å². The zero-order valence-electron chi connectivity index (χ0n) is 9.00. The number of nitrogens with two attached hydrogens (primary N) is 1. The molecule has 4 heteroatoms. The van der Waals surface area contributed by atoms with Gasteiger partial charge in [-0.1, -0.05) is 6.92 Å². The fourth-order valence-electron chi connectivity index (χ4n) is 1.78. The molecule has 0 aromatic rings. The lowest BCUT2D eigenvalue weighted by atomic mass is 9.97. The van der Waals surface area contributed by atoms with Crippen LogP contribution in [0.2, 0.25) is 0 Å². The van der Waals surface area contributed by atoms with Crippen molar-refractivity contribution in [2.75, 3.05) is 26.4 Å². The molecule has 2 atom stereocenters. The van der Waals surface area contributed by atoms with Crippen molar-refractivity contribution >= 4 is 0 Å². The third-order valence-corrected chi connectivity index (χ3v) is 2.67. The summed E-state index contributed by atoms with van der Waals surface area (Å²) in [6.07, 6.45) is 3.17. The number of hydrogen-bond donors (Lipinski definition) is 2. The van der Waals surface area contributed by atoms with E-state index in [2.05, 4.69) is 12.3 Å². The Kier molecular flexibility index (Phi) is 6.10. The summed E-state index contributed by atoms with van der Waals surface area (Å²) in [6.45, 7) is 5.46. The Bertz CT molecular complexity index is 138. The van der Waals surface area contributed by atoms with Crippen LogP contribution in [0.25, 0.3) is 0 Å². The van der Waals surface area contributed by atoms with Gasteiger partial charge in [0, 0.05) is 31.8 Å². The minimum atomic E-state index is 0.342. The molecule has 84 valence electrons. The standard InChI is InChI=1S/C10H22N2O2/c1-2-5-13-7-4-10(12-11)9-3-6-14-8-9/h9-10,12H,2-8,11H2,1H3. The highest BCUT2D eigenvalue weighted by molar-refractivity contribution is 4.77. The summed E-state index contributed by atoms with van der Waals surface area (Å²) in [5.41, 5.74) is 2.86. The van der Waals surface area contributed by atoms with Crippen molar-refractivity contribution in [1.29, 1.82) is 0 Å². The van der Waals surface area contributed by atoms with E-state index >= 15 is 0 Å². The van der Waals surface area contributed by atoms with E-state index in [-0.39, 0.29) is 0 Å². The van der Waals surface area contributed by atoms with Gasteiger partial charge < -0.3 is 9.47 Å². The maximum atomic E-state index is 5.51. The Morgan fingerprint density at radius 3 is 3.00 bits per heavy atom. The Hall–Kier alpha value is -0.160. The highest BCUT2D eigenvalue weighted by Crippen LogP contribution is 2.18. The Morgan fingerprint density at radius 1 is 1.57 bits per heavy atom. The highest BCUT2D eigenvalue weighted by atomic mass is 16.5. The predicted octanol–water partition coefficient (Wildman–Crippen LogP) is 0.671. The van der Waals surface area contributed by atoms with E-state index in [9.17, 15) is 0 Å². The smallest absolute Gasteiger partial charge is 0.0510 e. The first-order valence-corrected chi connectivity index (χ1v) is 5.50. The molecule has 1 aliphatic rings. The van der Waals surface area contributed by atoms with Crippen LogP contribution in [0, 0.1) is 5.92 Å². The molecule has 0 aromatic heterocycles. The lowest BCUT2D eigenvalue weighted by Crippen LogP contribution is -2.42. The van der Waals surface area contributed by atoms with Crippen LogP contribution in [0.3, 0.4) is 0 Å². The fraction of sp³-hybridized carbons (Fsp3) is 1.00. The van der Waals surface area contributed by atoms with Gasteiger partial charge in [-0.3, -0.25) is 11.3 Å². The third kappa shape index (κ3) is 3.92. The van der Waals surface area contributed by atoms with Gasteiger partial charge in [-0.25, -0.2) is 0 Å². The molecule has 0 spiro atoms. The number of rotatable bonds is 7. The fourth-order valence-corrected chi connectivity index (χ4v) is 1.78. The quantitative estimate of drug-likeness (QED) is 0.362. The van der Waals surface area contributed by atoms with Gasteiger partial charge in [0.2, 0.25) is 0 Å². The van der Waals surface area contributed by atoms with Crippen molar-refractivity contribution in [2.45, 2.75) is 32.2 Å². The van der Waals surface area contributed by atoms with E-state index in [0.717, 1.165) is 45.7 Å².